The second kappa shape index (κ2) is 7.41. The van der Waals surface area contributed by atoms with Crippen LogP contribution in [0.15, 0.2) is 15.7 Å². The largest absolute Gasteiger partial charge is 0.350 e. The van der Waals surface area contributed by atoms with Gasteiger partial charge in [-0.15, -0.1) is 0 Å². The van der Waals surface area contributed by atoms with E-state index in [-0.39, 0.29) is 22.9 Å². The minimum absolute atomic E-state index is 0.103. The molecule has 140 valence electrons. The van der Waals surface area contributed by atoms with E-state index in [1.165, 1.54) is 4.57 Å². The molecule has 1 aliphatic rings. The highest BCUT2D eigenvalue weighted by Gasteiger charge is 2.28. The van der Waals surface area contributed by atoms with Gasteiger partial charge in [-0.1, -0.05) is 6.92 Å². The first-order chi connectivity index (χ1) is 12.5. The average Bonchev–Trinajstić information content (AvgIpc) is 3.46. The minimum Gasteiger partial charge on any atom is -0.350 e. The van der Waals surface area contributed by atoms with Crippen LogP contribution in [0.5, 0.6) is 0 Å². The number of aromatic amines is 1. The number of carbonyl (C=O) groups excluding carboxylic acids is 1. The summed E-state index contributed by atoms with van der Waals surface area (Å²) >= 11 is 0. The molecule has 1 aliphatic carbocycles. The van der Waals surface area contributed by atoms with Gasteiger partial charge in [0, 0.05) is 30.7 Å². The van der Waals surface area contributed by atoms with Crippen molar-refractivity contribution in [2.45, 2.75) is 51.6 Å². The van der Waals surface area contributed by atoms with E-state index in [9.17, 15) is 14.4 Å². The molecule has 26 heavy (non-hydrogen) atoms. The molecule has 1 saturated carbocycles. The maximum Gasteiger partial charge on any atom is 0.329 e. The fourth-order valence-electron chi connectivity index (χ4n) is 2.93. The fourth-order valence-corrected chi connectivity index (χ4v) is 2.93. The van der Waals surface area contributed by atoms with E-state index < -0.39 is 11.2 Å². The predicted octanol–water partition coefficient (Wildman–Crippen LogP) is 0.710. The van der Waals surface area contributed by atoms with Gasteiger partial charge in [0.2, 0.25) is 0 Å². The molecule has 0 radical (unpaired) electrons. The van der Waals surface area contributed by atoms with E-state index in [1.54, 1.807) is 6.07 Å². The molecule has 1 unspecified atom stereocenters. The van der Waals surface area contributed by atoms with Crippen molar-refractivity contribution in [3.8, 4) is 0 Å². The summed E-state index contributed by atoms with van der Waals surface area (Å²) in [5.41, 5.74) is 0.307. The van der Waals surface area contributed by atoms with Crippen LogP contribution in [0.4, 0.5) is 0 Å². The standard InChI is InChI=1S/C18H25N5O3/c1-4-7-23-15-14(17(25)22-18(23)26)12(8-13(21-15)11-5-6-11)16(24)20-9-10(2)19-3/h8,10-11,19H,4-7,9H2,1-3H3,(H,20,24)(H,22,25,26). The number of amides is 1. The van der Waals surface area contributed by atoms with Crippen molar-refractivity contribution in [1.29, 1.82) is 0 Å². The molecule has 8 heteroatoms. The molecule has 2 aromatic heterocycles. The zero-order chi connectivity index (χ0) is 18.8. The van der Waals surface area contributed by atoms with Crippen molar-refractivity contribution in [2.75, 3.05) is 13.6 Å². The van der Waals surface area contributed by atoms with Crippen molar-refractivity contribution in [3.63, 3.8) is 0 Å². The Labute approximate surface area is 151 Å². The number of nitrogens with one attached hydrogen (secondary N) is 3. The van der Waals surface area contributed by atoms with Crippen LogP contribution in [-0.2, 0) is 6.54 Å². The Morgan fingerprint density at radius 2 is 2.15 bits per heavy atom. The lowest BCUT2D eigenvalue weighted by Gasteiger charge is -2.14. The Hall–Kier alpha value is -2.48. The van der Waals surface area contributed by atoms with Gasteiger partial charge in [0.15, 0.2) is 5.65 Å². The number of pyridine rings is 1. The summed E-state index contributed by atoms with van der Waals surface area (Å²) in [6.45, 7) is 4.77. The van der Waals surface area contributed by atoms with Gasteiger partial charge < -0.3 is 10.6 Å². The first kappa shape index (κ1) is 18.3. The number of fused-ring (bicyclic) bond motifs is 1. The topological polar surface area (TPSA) is 109 Å². The molecule has 3 rings (SSSR count). The molecule has 0 aromatic carbocycles. The third kappa shape index (κ3) is 3.55. The number of aryl methyl sites for hydroxylation is 1. The number of H-pyrrole nitrogens is 1. The van der Waals surface area contributed by atoms with Crippen molar-refractivity contribution in [3.05, 3.63) is 38.2 Å². The summed E-state index contributed by atoms with van der Waals surface area (Å²) < 4.78 is 1.45. The van der Waals surface area contributed by atoms with E-state index >= 15 is 0 Å². The molecule has 0 spiro atoms. The second-order valence-corrected chi connectivity index (χ2v) is 6.88. The lowest BCUT2D eigenvalue weighted by Crippen LogP contribution is -2.38. The smallest absolute Gasteiger partial charge is 0.329 e. The third-order valence-electron chi connectivity index (χ3n) is 4.72. The number of rotatable bonds is 7. The Bertz CT molecular complexity index is 942. The SMILES string of the molecule is CCCn1c(=O)[nH]c(=O)c2c(C(=O)NCC(C)NC)cc(C3CC3)nc21. The van der Waals surface area contributed by atoms with Gasteiger partial charge in [-0.05, 0) is 39.3 Å². The van der Waals surface area contributed by atoms with E-state index in [0.29, 0.717) is 24.7 Å². The molecule has 1 amide bonds. The van der Waals surface area contributed by atoms with Crippen molar-refractivity contribution < 1.29 is 4.79 Å². The van der Waals surface area contributed by atoms with Crippen LogP contribution in [0, 0.1) is 0 Å². The molecule has 1 fully saturated rings. The Balaban J connectivity index is 2.17. The van der Waals surface area contributed by atoms with Crippen LogP contribution in [-0.4, -0.2) is 40.1 Å². The molecule has 8 nitrogen and oxygen atoms in total. The number of aromatic nitrogens is 3. The monoisotopic (exact) mass is 359 g/mol. The number of hydrogen-bond donors (Lipinski definition) is 3. The highest BCUT2D eigenvalue weighted by molar-refractivity contribution is 6.05. The molecule has 2 aromatic rings. The van der Waals surface area contributed by atoms with Gasteiger partial charge in [0.05, 0.1) is 10.9 Å². The number of likely N-dealkylation sites (N-methyl/N-ethyl adjacent to an activating group) is 1. The predicted molar refractivity (Wildman–Crippen MR) is 99.7 cm³/mol. The van der Waals surface area contributed by atoms with Crippen LogP contribution >= 0.6 is 0 Å². The van der Waals surface area contributed by atoms with E-state index in [4.69, 9.17) is 0 Å². The maximum atomic E-state index is 12.8. The molecular formula is C18H25N5O3. The van der Waals surface area contributed by atoms with Gasteiger partial charge in [-0.3, -0.25) is 19.1 Å². The van der Waals surface area contributed by atoms with Gasteiger partial charge in [-0.2, -0.15) is 0 Å². The summed E-state index contributed by atoms with van der Waals surface area (Å²) in [5.74, 6) is -0.0276. The average molecular weight is 359 g/mol. The second-order valence-electron chi connectivity index (χ2n) is 6.88. The van der Waals surface area contributed by atoms with Gasteiger partial charge >= 0.3 is 5.69 Å². The quantitative estimate of drug-likeness (QED) is 0.675. The Morgan fingerprint density at radius 1 is 1.42 bits per heavy atom. The van der Waals surface area contributed by atoms with Crippen LogP contribution in [0.25, 0.3) is 11.0 Å². The van der Waals surface area contributed by atoms with Crippen LogP contribution in [0.1, 0.15) is 55.1 Å². The summed E-state index contributed by atoms with van der Waals surface area (Å²) in [4.78, 5) is 44.4. The summed E-state index contributed by atoms with van der Waals surface area (Å²) in [7, 11) is 1.82. The first-order valence-electron chi connectivity index (χ1n) is 9.09. The number of hydrogen-bond acceptors (Lipinski definition) is 5. The number of carbonyl (C=O) groups is 1. The number of nitrogens with zero attached hydrogens (tertiary/aromatic N) is 2. The zero-order valence-electron chi connectivity index (χ0n) is 15.4. The van der Waals surface area contributed by atoms with Gasteiger partial charge in [0.25, 0.3) is 11.5 Å². The maximum absolute atomic E-state index is 12.8. The first-order valence-corrected chi connectivity index (χ1v) is 9.09. The molecule has 0 bridgehead atoms. The van der Waals surface area contributed by atoms with Crippen LogP contribution in [0.2, 0.25) is 0 Å². The third-order valence-corrected chi connectivity index (χ3v) is 4.72. The van der Waals surface area contributed by atoms with Crippen molar-refractivity contribution >= 4 is 16.9 Å². The summed E-state index contributed by atoms with van der Waals surface area (Å²) in [5, 5.41) is 6.08. The lowest BCUT2D eigenvalue weighted by atomic mass is 10.1. The molecule has 0 aliphatic heterocycles. The minimum atomic E-state index is -0.570. The lowest BCUT2D eigenvalue weighted by molar-refractivity contribution is 0.0952. The summed E-state index contributed by atoms with van der Waals surface area (Å²) in [6, 6.07) is 1.81. The van der Waals surface area contributed by atoms with Crippen LogP contribution < -0.4 is 21.9 Å². The van der Waals surface area contributed by atoms with Gasteiger partial charge in [-0.25, -0.2) is 9.78 Å². The van der Waals surface area contributed by atoms with E-state index in [2.05, 4.69) is 20.6 Å². The highest BCUT2D eigenvalue weighted by Crippen LogP contribution is 2.39. The Kier molecular flexibility index (Phi) is 5.22. The fraction of sp³-hybridized carbons (Fsp3) is 0.556. The Morgan fingerprint density at radius 3 is 2.77 bits per heavy atom. The van der Waals surface area contributed by atoms with Crippen molar-refractivity contribution in [2.24, 2.45) is 0 Å². The molecular weight excluding hydrogens is 334 g/mol. The van der Waals surface area contributed by atoms with Crippen LogP contribution in [0.3, 0.4) is 0 Å². The van der Waals surface area contributed by atoms with E-state index in [0.717, 1.165) is 25.0 Å². The molecule has 0 saturated heterocycles. The highest BCUT2D eigenvalue weighted by atomic mass is 16.2. The summed E-state index contributed by atoms with van der Waals surface area (Å²) in [6.07, 6.45) is 2.74. The van der Waals surface area contributed by atoms with E-state index in [1.807, 2.05) is 20.9 Å². The molecule has 1 atom stereocenters. The van der Waals surface area contributed by atoms with Gasteiger partial charge in [0.1, 0.15) is 0 Å². The normalized spacial score (nSPS) is 15.2. The molecule has 2 heterocycles. The van der Waals surface area contributed by atoms with Crippen molar-refractivity contribution in [1.82, 2.24) is 25.2 Å². The zero-order valence-corrected chi connectivity index (χ0v) is 15.4. The molecule has 3 N–H and O–H groups in total.